The van der Waals surface area contributed by atoms with Crippen LogP contribution in [0.3, 0.4) is 0 Å². The molecule has 0 saturated heterocycles. The number of aliphatic hydroxyl groups excluding tert-OH is 1. The third-order valence-corrected chi connectivity index (χ3v) is 1.77. The SMILES string of the molecule is CC(N)C(C)C(=O)NC[C@H](C)O. The molecule has 1 amide bonds. The van der Waals surface area contributed by atoms with Crippen molar-refractivity contribution >= 4 is 5.91 Å². The summed E-state index contributed by atoms with van der Waals surface area (Å²) in [6.07, 6.45) is -0.505. The highest BCUT2D eigenvalue weighted by molar-refractivity contribution is 5.78. The van der Waals surface area contributed by atoms with E-state index in [1.54, 1.807) is 20.8 Å². The van der Waals surface area contributed by atoms with Crippen LogP contribution in [-0.4, -0.2) is 29.7 Å². The standard InChI is InChI=1S/C8H18N2O2/c1-5(11)4-10-8(12)6(2)7(3)9/h5-7,11H,4,9H2,1-3H3,(H,10,12)/t5-,6?,7?/m0/s1. The Morgan fingerprint density at radius 2 is 2.00 bits per heavy atom. The summed E-state index contributed by atoms with van der Waals surface area (Å²) in [5.41, 5.74) is 5.52. The Balaban J connectivity index is 3.72. The van der Waals surface area contributed by atoms with Crippen LogP contribution < -0.4 is 11.1 Å². The predicted octanol–water partition coefficient (Wildman–Crippen LogP) is -0.533. The first kappa shape index (κ1) is 11.4. The summed E-state index contributed by atoms with van der Waals surface area (Å²) in [6.45, 7) is 5.46. The van der Waals surface area contributed by atoms with E-state index in [2.05, 4.69) is 5.32 Å². The second kappa shape index (κ2) is 5.11. The van der Waals surface area contributed by atoms with Crippen LogP contribution in [0.15, 0.2) is 0 Å². The van der Waals surface area contributed by atoms with Crippen LogP contribution >= 0.6 is 0 Å². The summed E-state index contributed by atoms with van der Waals surface area (Å²) in [5, 5.41) is 11.5. The molecule has 0 aromatic rings. The Hall–Kier alpha value is -0.610. The molecule has 12 heavy (non-hydrogen) atoms. The minimum Gasteiger partial charge on any atom is -0.392 e. The number of carbonyl (C=O) groups is 1. The zero-order valence-corrected chi connectivity index (χ0v) is 7.87. The minimum atomic E-state index is -0.505. The molecular weight excluding hydrogens is 156 g/mol. The van der Waals surface area contributed by atoms with Gasteiger partial charge in [0.05, 0.1) is 6.10 Å². The average Bonchev–Trinajstić information content (AvgIpc) is 1.98. The minimum absolute atomic E-state index is 0.106. The van der Waals surface area contributed by atoms with E-state index in [0.717, 1.165) is 0 Å². The van der Waals surface area contributed by atoms with Gasteiger partial charge in [-0.25, -0.2) is 0 Å². The maximum absolute atomic E-state index is 11.2. The van der Waals surface area contributed by atoms with Crippen LogP contribution in [0.4, 0.5) is 0 Å². The number of amides is 1. The fourth-order valence-electron chi connectivity index (χ4n) is 0.648. The summed E-state index contributed by atoms with van der Waals surface area (Å²) in [5.74, 6) is -0.311. The first-order valence-corrected chi connectivity index (χ1v) is 4.16. The lowest BCUT2D eigenvalue weighted by Crippen LogP contribution is -2.40. The molecule has 0 aromatic carbocycles. The van der Waals surface area contributed by atoms with Crippen molar-refractivity contribution in [3.63, 3.8) is 0 Å². The third-order valence-electron chi connectivity index (χ3n) is 1.77. The molecule has 3 atom stereocenters. The van der Waals surface area contributed by atoms with E-state index in [1.807, 2.05) is 0 Å². The van der Waals surface area contributed by atoms with Gasteiger partial charge >= 0.3 is 0 Å². The van der Waals surface area contributed by atoms with E-state index >= 15 is 0 Å². The molecule has 0 aromatic heterocycles. The number of aliphatic hydroxyl groups is 1. The second-order valence-corrected chi connectivity index (χ2v) is 3.24. The van der Waals surface area contributed by atoms with Crippen molar-refractivity contribution in [3.8, 4) is 0 Å². The Morgan fingerprint density at radius 3 is 2.33 bits per heavy atom. The summed E-state index contributed by atoms with van der Waals surface area (Å²) < 4.78 is 0. The van der Waals surface area contributed by atoms with Gasteiger partial charge in [0.2, 0.25) is 5.91 Å². The van der Waals surface area contributed by atoms with Gasteiger partial charge in [0, 0.05) is 18.5 Å². The highest BCUT2D eigenvalue weighted by Crippen LogP contribution is 1.98. The quantitative estimate of drug-likeness (QED) is 0.536. The number of rotatable bonds is 4. The van der Waals surface area contributed by atoms with E-state index in [0.29, 0.717) is 0 Å². The fraction of sp³-hybridized carbons (Fsp3) is 0.875. The highest BCUT2D eigenvalue weighted by Gasteiger charge is 2.16. The Morgan fingerprint density at radius 1 is 1.50 bits per heavy atom. The Kier molecular flexibility index (Phi) is 4.85. The number of carbonyl (C=O) groups excluding carboxylic acids is 1. The van der Waals surface area contributed by atoms with Gasteiger partial charge in [0.15, 0.2) is 0 Å². The van der Waals surface area contributed by atoms with Crippen LogP contribution in [0, 0.1) is 5.92 Å². The van der Waals surface area contributed by atoms with E-state index in [9.17, 15) is 4.79 Å². The topological polar surface area (TPSA) is 75.4 Å². The maximum atomic E-state index is 11.2. The maximum Gasteiger partial charge on any atom is 0.224 e. The summed E-state index contributed by atoms with van der Waals surface area (Å²) in [6, 6.07) is -0.154. The monoisotopic (exact) mass is 174 g/mol. The predicted molar refractivity (Wildman–Crippen MR) is 47.5 cm³/mol. The third kappa shape index (κ3) is 4.31. The van der Waals surface area contributed by atoms with Crippen molar-refractivity contribution in [2.24, 2.45) is 11.7 Å². The molecule has 2 unspecified atom stereocenters. The largest absolute Gasteiger partial charge is 0.392 e. The molecular formula is C8H18N2O2. The molecule has 72 valence electrons. The number of hydrogen-bond acceptors (Lipinski definition) is 3. The first-order valence-electron chi connectivity index (χ1n) is 4.16. The lowest BCUT2D eigenvalue weighted by atomic mass is 10.0. The normalized spacial score (nSPS) is 18.1. The molecule has 0 rings (SSSR count). The molecule has 0 bridgehead atoms. The van der Waals surface area contributed by atoms with E-state index in [4.69, 9.17) is 10.8 Å². The smallest absolute Gasteiger partial charge is 0.224 e. The molecule has 4 heteroatoms. The van der Waals surface area contributed by atoms with Crippen LogP contribution in [0.1, 0.15) is 20.8 Å². The van der Waals surface area contributed by atoms with Crippen molar-refractivity contribution in [2.45, 2.75) is 32.9 Å². The van der Waals surface area contributed by atoms with Gasteiger partial charge in [-0.2, -0.15) is 0 Å². The van der Waals surface area contributed by atoms with Gasteiger partial charge in [-0.1, -0.05) is 6.92 Å². The van der Waals surface area contributed by atoms with Gasteiger partial charge in [-0.05, 0) is 13.8 Å². The molecule has 0 aliphatic heterocycles. The van der Waals surface area contributed by atoms with Gasteiger partial charge in [0.1, 0.15) is 0 Å². The summed E-state index contributed by atoms with van der Waals surface area (Å²) >= 11 is 0. The van der Waals surface area contributed by atoms with E-state index in [-0.39, 0.29) is 24.4 Å². The van der Waals surface area contributed by atoms with Crippen LogP contribution in [0.25, 0.3) is 0 Å². The van der Waals surface area contributed by atoms with Crippen molar-refractivity contribution < 1.29 is 9.90 Å². The molecule has 0 aliphatic carbocycles. The Labute approximate surface area is 73.1 Å². The zero-order valence-electron chi connectivity index (χ0n) is 7.87. The summed E-state index contributed by atoms with van der Waals surface area (Å²) in [4.78, 5) is 11.2. The average molecular weight is 174 g/mol. The lowest BCUT2D eigenvalue weighted by molar-refractivity contribution is -0.125. The van der Waals surface area contributed by atoms with E-state index < -0.39 is 6.10 Å². The second-order valence-electron chi connectivity index (χ2n) is 3.24. The molecule has 4 N–H and O–H groups in total. The lowest BCUT2D eigenvalue weighted by Gasteiger charge is -2.15. The molecule has 0 fully saturated rings. The van der Waals surface area contributed by atoms with Crippen LogP contribution in [-0.2, 0) is 4.79 Å². The van der Waals surface area contributed by atoms with Gasteiger partial charge in [-0.15, -0.1) is 0 Å². The van der Waals surface area contributed by atoms with E-state index in [1.165, 1.54) is 0 Å². The Bertz CT molecular complexity index is 146. The number of nitrogens with one attached hydrogen (secondary N) is 1. The van der Waals surface area contributed by atoms with Gasteiger partial charge in [-0.3, -0.25) is 4.79 Å². The molecule has 0 spiro atoms. The van der Waals surface area contributed by atoms with Crippen molar-refractivity contribution in [3.05, 3.63) is 0 Å². The molecule has 0 aliphatic rings. The van der Waals surface area contributed by atoms with Crippen LogP contribution in [0.5, 0.6) is 0 Å². The van der Waals surface area contributed by atoms with Crippen molar-refractivity contribution in [1.82, 2.24) is 5.32 Å². The van der Waals surface area contributed by atoms with Gasteiger partial charge in [0.25, 0.3) is 0 Å². The van der Waals surface area contributed by atoms with Crippen molar-refractivity contribution in [1.29, 1.82) is 0 Å². The molecule has 0 saturated carbocycles. The number of nitrogens with two attached hydrogens (primary N) is 1. The zero-order chi connectivity index (χ0) is 9.72. The fourth-order valence-corrected chi connectivity index (χ4v) is 0.648. The highest BCUT2D eigenvalue weighted by atomic mass is 16.3. The number of hydrogen-bond donors (Lipinski definition) is 3. The molecule has 4 nitrogen and oxygen atoms in total. The molecule has 0 radical (unpaired) electrons. The van der Waals surface area contributed by atoms with Crippen molar-refractivity contribution in [2.75, 3.05) is 6.54 Å². The first-order chi connectivity index (χ1) is 5.45. The molecule has 0 heterocycles. The van der Waals surface area contributed by atoms with Crippen LogP contribution in [0.2, 0.25) is 0 Å². The van der Waals surface area contributed by atoms with Gasteiger partial charge < -0.3 is 16.2 Å². The summed E-state index contributed by atoms with van der Waals surface area (Å²) in [7, 11) is 0.